The summed E-state index contributed by atoms with van der Waals surface area (Å²) >= 11 is 4.98. The first-order valence-corrected chi connectivity index (χ1v) is 5.93. The van der Waals surface area contributed by atoms with Crippen molar-refractivity contribution in [2.75, 3.05) is 5.32 Å². The highest BCUT2D eigenvalue weighted by Gasteiger charge is 2.11. The fraction of sp³-hybridized carbons (Fsp3) is 0.273. The highest BCUT2D eigenvalue weighted by atomic mass is 32.1. The Hall–Kier alpha value is -2.02. The van der Waals surface area contributed by atoms with Gasteiger partial charge in [0.15, 0.2) is 5.82 Å². The molecule has 0 atom stereocenters. The Bertz CT molecular complexity index is 577. The molecule has 0 spiro atoms. The lowest BCUT2D eigenvalue weighted by Crippen LogP contribution is -2.13. The Balaban J connectivity index is 2.36. The zero-order valence-corrected chi connectivity index (χ0v) is 11.0. The molecule has 0 saturated heterocycles. The van der Waals surface area contributed by atoms with Gasteiger partial charge in [0.05, 0.1) is 23.1 Å². The Morgan fingerprint density at radius 3 is 3.00 bits per heavy atom. The van der Waals surface area contributed by atoms with Crippen molar-refractivity contribution in [3.8, 4) is 0 Å². The summed E-state index contributed by atoms with van der Waals surface area (Å²) in [5.41, 5.74) is 8.16. The van der Waals surface area contributed by atoms with Crippen molar-refractivity contribution in [1.82, 2.24) is 20.0 Å². The fourth-order valence-corrected chi connectivity index (χ4v) is 1.82. The molecule has 0 aliphatic carbocycles. The van der Waals surface area contributed by atoms with E-state index in [1.54, 1.807) is 16.9 Å². The van der Waals surface area contributed by atoms with Gasteiger partial charge in [0.25, 0.3) is 0 Å². The van der Waals surface area contributed by atoms with Crippen molar-refractivity contribution in [2.24, 2.45) is 12.8 Å². The van der Waals surface area contributed by atoms with Crippen molar-refractivity contribution in [1.29, 1.82) is 0 Å². The Labute approximate surface area is 110 Å². The molecular formula is C11H14N6S. The molecule has 0 amide bonds. The second-order valence-corrected chi connectivity index (χ2v) is 4.24. The quantitative estimate of drug-likeness (QED) is 0.804. The number of thiocarbonyl (C=S) groups is 1. The van der Waals surface area contributed by atoms with E-state index in [0.29, 0.717) is 11.4 Å². The molecular weight excluding hydrogens is 248 g/mol. The number of hydrogen-bond acceptors (Lipinski definition) is 5. The van der Waals surface area contributed by atoms with Crippen molar-refractivity contribution in [3.05, 3.63) is 29.7 Å². The number of aromatic nitrogens is 4. The van der Waals surface area contributed by atoms with Crippen LogP contribution in [0.15, 0.2) is 18.5 Å². The number of hydrogen-bond donors (Lipinski definition) is 2. The maximum absolute atomic E-state index is 5.65. The predicted octanol–water partition coefficient (Wildman–Crippen LogP) is 1.15. The van der Waals surface area contributed by atoms with Gasteiger partial charge in [-0.1, -0.05) is 19.1 Å². The molecule has 7 heteroatoms. The average Bonchev–Trinajstić information content (AvgIpc) is 2.70. The molecule has 94 valence electrons. The van der Waals surface area contributed by atoms with Crippen LogP contribution in [0.3, 0.4) is 0 Å². The molecule has 2 rings (SSSR count). The van der Waals surface area contributed by atoms with E-state index < -0.39 is 0 Å². The molecule has 2 aromatic rings. The van der Waals surface area contributed by atoms with Crippen LogP contribution < -0.4 is 11.1 Å². The lowest BCUT2D eigenvalue weighted by molar-refractivity contribution is 0.746. The molecule has 2 heterocycles. The average molecular weight is 262 g/mol. The monoisotopic (exact) mass is 262 g/mol. The van der Waals surface area contributed by atoms with Crippen molar-refractivity contribution in [2.45, 2.75) is 13.3 Å². The second kappa shape index (κ2) is 5.09. The third-order valence-corrected chi connectivity index (χ3v) is 2.70. The van der Waals surface area contributed by atoms with Crippen LogP contribution in [0.25, 0.3) is 0 Å². The smallest absolute Gasteiger partial charge is 0.163 e. The lowest BCUT2D eigenvalue weighted by Gasteiger charge is -2.07. The molecule has 18 heavy (non-hydrogen) atoms. The lowest BCUT2D eigenvalue weighted by atomic mass is 10.2. The molecule has 0 aliphatic heterocycles. The zero-order chi connectivity index (χ0) is 13.1. The first-order valence-electron chi connectivity index (χ1n) is 5.52. The Morgan fingerprint density at radius 2 is 2.33 bits per heavy atom. The predicted molar refractivity (Wildman–Crippen MR) is 73.8 cm³/mol. The minimum atomic E-state index is 0.286. The van der Waals surface area contributed by atoms with Crippen LogP contribution in [0.2, 0.25) is 0 Å². The van der Waals surface area contributed by atoms with E-state index in [1.807, 2.05) is 20.2 Å². The molecule has 2 aromatic heterocycles. The van der Waals surface area contributed by atoms with Gasteiger partial charge in [-0.2, -0.15) is 10.2 Å². The molecule has 0 aliphatic rings. The molecule has 3 N–H and O–H groups in total. The van der Waals surface area contributed by atoms with E-state index in [0.717, 1.165) is 17.8 Å². The molecule has 0 fully saturated rings. The summed E-state index contributed by atoms with van der Waals surface area (Å²) in [6, 6.07) is 1.74. The third kappa shape index (κ3) is 2.45. The van der Waals surface area contributed by atoms with Gasteiger partial charge >= 0.3 is 0 Å². The summed E-state index contributed by atoms with van der Waals surface area (Å²) in [6.07, 6.45) is 4.27. The number of nitrogens with two attached hydrogens (primary N) is 1. The number of nitrogens with one attached hydrogen (secondary N) is 1. The van der Waals surface area contributed by atoms with Crippen LogP contribution in [-0.2, 0) is 13.5 Å². The van der Waals surface area contributed by atoms with Gasteiger partial charge < -0.3 is 11.1 Å². The second-order valence-electron chi connectivity index (χ2n) is 3.80. The highest BCUT2D eigenvalue weighted by Crippen LogP contribution is 2.20. The number of nitrogens with zero attached hydrogens (tertiary/aromatic N) is 4. The number of rotatable bonds is 4. The van der Waals surface area contributed by atoms with Crippen LogP contribution in [0.1, 0.15) is 18.2 Å². The van der Waals surface area contributed by atoms with Gasteiger partial charge in [0.2, 0.25) is 0 Å². The maximum atomic E-state index is 5.65. The minimum Gasteiger partial charge on any atom is -0.389 e. The Kier molecular flexibility index (Phi) is 3.52. The maximum Gasteiger partial charge on any atom is 0.163 e. The van der Waals surface area contributed by atoms with E-state index in [2.05, 4.69) is 20.6 Å². The Morgan fingerprint density at radius 1 is 1.56 bits per heavy atom. The summed E-state index contributed by atoms with van der Waals surface area (Å²) in [5.74, 6) is 0.549. The molecule has 6 nitrogen and oxygen atoms in total. The summed E-state index contributed by atoms with van der Waals surface area (Å²) < 4.78 is 1.75. The molecule has 0 aromatic carbocycles. The van der Waals surface area contributed by atoms with E-state index in [4.69, 9.17) is 18.0 Å². The van der Waals surface area contributed by atoms with Gasteiger partial charge in [-0.15, -0.1) is 5.10 Å². The van der Waals surface area contributed by atoms with Gasteiger partial charge in [0.1, 0.15) is 4.99 Å². The van der Waals surface area contributed by atoms with E-state index in [1.165, 1.54) is 0 Å². The van der Waals surface area contributed by atoms with Crippen molar-refractivity contribution >= 4 is 28.7 Å². The van der Waals surface area contributed by atoms with E-state index in [9.17, 15) is 0 Å². The highest BCUT2D eigenvalue weighted by molar-refractivity contribution is 7.80. The van der Waals surface area contributed by atoms with Gasteiger partial charge in [0, 0.05) is 13.2 Å². The van der Waals surface area contributed by atoms with Gasteiger partial charge in [-0.25, -0.2) is 0 Å². The molecule has 0 saturated carbocycles. The van der Waals surface area contributed by atoms with Gasteiger partial charge in [-0.3, -0.25) is 4.68 Å². The number of anilines is 2. The summed E-state index contributed by atoms with van der Waals surface area (Å²) in [6.45, 7) is 2.04. The first kappa shape index (κ1) is 12.4. The van der Waals surface area contributed by atoms with Gasteiger partial charge in [-0.05, 0) is 12.5 Å². The molecule has 0 unspecified atom stereocenters. The van der Waals surface area contributed by atoms with Crippen LogP contribution in [0.4, 0.5) is 11.5 Å². The van der Waals surface area contributed by atoms with Crippen LogP contribution in [-0.4, -0.2) is 25.0 Å². The third-order valence-electron chi connectivity index (χ3n) is 2.48. The van der Waals surface area contributed by atoms with E-state index >= 15 is 0 Å². The van der Waals surface area contributed by atoms with Crippen molar-refractivity contribution in [3.63, 3.8) is 0 Å². The molecule has 0 radical (unpaired) electrons. The molecule has 0 bridgehead atoms. The van der Waals surface area contributed by atoms with Crippen molar-refractivity contribution < 1.29 is 0 Å². The first-order chi connectivity index (χ1) is 8.61. The summed E-state index contributed by atoms with van der Waals surface area (Å²) in [4.78, 5) is 0.286. The van der Waals surface area contributed by atoms with E-state index in [-0.39, 0.29) is 4.99 Å². The largest absolute Gasteiger partial charge is 0.389 e. The summed E-state index contributed by atoms with van der Waals surface area (Å²) in [5, 5.41) is 15.4. The van der Waals surface area contributed by atoms with Crippen LogP contribution in [0.5, 0.6) is 0 Å². The van der Waals surface area contributed by atoms with Crippen LogP contribution in [0, 0.1) is 0 Å². The standard InChI is InChI=1S/C11H14N6S/c1-3-8-9(6-17(2)16-8)14-11-7(10(12)18)4-5-13-15-11/h4-6H,3H2,1-2H3,(H2,12,18)(H,14,15). The zero-order valence-electron chi connectivity index (χ0n) is 10.2. The minimum absolute atomic E-state index is 0.286. The summed E-state index contributed by atoms with van der Waals surface area (Å²) in [7, 11) is 1.87. The SMILES string of the molecule is CCc1nn(C)cc1Nc1nnccc1C(N)=S. The van der Waals surface area contributed by atoms with Crippen LogP contribution >= 0.6 is 12.2 Å². The topological polar surface area (TPSA) is 81.7 Å². The fourth-order valence-electron chi connectivity index (χ4n) is 1.65. The normalized spacial score (nSPS) is 10.3. The number of aryl methyl sites for hydroxylation is 2.